The molecule has 57 heavy (non-hydrogen) atoms. The van der Waals surface area contributed by atoms with Crippen LogP contribution in [0.15, 0.2) is 48.6 Å². The van der Waals surface area contributed by atoms with Crippen LogP contribution in [0.2, 0.25) is 0 Å². The van der Waals surface area contributed by atoms with E-state index in [4.69, 9.17) is 14.2 Å². The van der Waals surface area contributed by atoms with Gasteiger partial charge in [0.05, 0.1) is 0 Å². The van der Waals surface area contributed by atoms with Crippen LogP contribution in [0.3, 0.4) is 0 Å². The summed E-state index contributed by atoms with van der Waals surface area (Å²) in [5.74, 6) is -0.898. The van der Waals surface area contributed by atoms with E-state index in [1.54, 1.807) is 0 Å². The number of rotatable bonds is 43. The first kappa shape index (κ1) is 54.4. The largest absolute Gasteiger partial charge is 0.462 e. The Morgan fingerprint density at radius 1 is 0.368 bits per heavy atom. The highest BCUT2D eigenvalue weighted by atomic mass is 16.6. The minimum Gasteiger partial charge on any atom is -0.462 e. The molecule has 0 saturated heterocycles. The SMILES string of the molecule is CC\C=C/C=C\C=C/C=C\CCCCCCCC(=O)OCC(COC(=O)CCCCCCCCCCCC)OC(=O)CCCCCCCCCCCCCCCC. The Morgan fingerprint density at radius 3 is 1.07 bits per heavy atom. The van der Waals surface area contributed by atoms with Crippen LogP contribution in [-0.4, -0.2) is 37.2 Å². The molecule has 0 radical (unpaired) electrons. The predicted molar refractivity (Wildman–Crippen MR) is 242 cm³/mol. The summed E-state index contributed by atoms with van der Waals surface area (Å²) in [6, 6.07) is 0. The van der Waals surface area contributed by atoms with Gasteiger partial charge in [-0.3, -0.25) is 14.4 Å². The highest BCUT2D eigenvalue weighted by Gasteiger charge is 2.19. The number of unbranched alkanes of at least 4 members (excludes halogenated alkanes) is 27. The molecule has 0 bridgehead atoms. The van der Waals surface area contributed by atoms with Crippen LogP contribution in [-0.2, 0) is 28.6 Å². The fraction of sp³-hybridized carbons (Fsp3) is 0.784. The number of ether oxygens (including phenoxy) is 3. The molecule has 0 aromatic rings. The zero-order valence-electron chi connectivity index (χ0n) is 37.6. The third kappa shape index (κ3) is 44.3. The van der Waals surface area contributed by atoms with Gasteiger partial charge in [0.1, 0.15) is 13.2 Å². The molecule has 0 aliphatic carbocycles. The van der Waals surface area contributed by atoms with E-state index in [2.05, 4.69) is 51.2 Å². The Balaban J connectivity index is 4.38. The van der Waals surface area contributed by atoms with Crippen LogP contribution in [0.5, 0.6) is 0 Å². The van der Waals surface area contributed by atoms with E-state index in [9.17, 15) is 14.4 Å². The summed E-state index contributed by atoms with van der Waals surface area (Å²) in [5, 5.41) is 0. The highest BCUT2D eigenvalue weighted by molar-refractivity contribution is 5.71. The summed E-state index contributed by atoms with van der Waals surface area (Å²) in [7, 11) is 0. The Hall–Kier alpha value is -2.63. The number of esters is 3. The Bertz CT molecular complexity index is 1010. The molecule has 0 aliphatic rings. The van der Waals surface area contributed by atoms with Gasteiger partial charge in [-0.1, -0.05) is 230 Å². The van der Waals surface area contributed by atoms with Crippen LogP contribution < -0.4 is 0 Å². The highest BCUT2D eigenvalue weighted by Crippen LogP contribution is 2.15. The lowest BCUT2D eigenvalue weighted by Crippen LogP contribution is -2.30. The van der Waals surface area contributed by atoms with Crippen molar-refractivity contribution in [3.8, 4) is 0 Å². The number of carbonyl (C=O) groups excluding carboxylic acids is 3. The molecular formula is C51H90O6. The fourth-order valence-corrected chi connectivity index (χ4v) is 6.81. The second-order valence-electron chi connectivity index (χ2n) is 16.1. The van der Waals surface area contributed by atoms with Crippen molar-refractivity contribution in [1.82, 2.24) is 0 Å². The number of allylic oxidation sites excluding steroid dienone is 8. The van der Waals surface area contributed by atoms with Gasteiger partial charge in [-0.15, -0.1) is 0 Å². The van der Waals surface area contributed by atoms with Crippen molar-refractivity contribution < 1.29 is 28.6 Å². The topological polar surface area (TPSA) is 78.9 Å². The van der Waals surface area contributed by atoms with Gasteiger partial charge in [0.25, 0.3) is 0 Å². The van der Waals surface area contributed by atoms with E-state index in [1.165, 1.54) is 116 Å². The molecule has 0 aromatic carbocycles. The summed E-state index contributed by atoms with van der Waals surface area (Å²) in [5.41, 5.74) is 0. The maximum Gasteiger partial charge on any atom is 0.306 e. The van der Waals surface area contributed by atoms with E-state index in [-0.39, 0.29) is 31.1 Å². The van der Waals surface area contributed by atoms with Gasteiger partial charge in [0.15, 0.2) is 6.10 Å². The number of carbonyl (C=O) groups is 3. The lowest BCUT2D eigenvalue weighted by atomic mass is 10.0. The van der Waals surface area contributed by atoms with E-state index < -0.39 is 6.10 Å². The van der Waals surface area contributed by atoms with E-state index in [0.717, 1.165) is 83.5 Å². The van der Waals surface area contributed by atoms with Crippen molar-refractivity contribution in [1.29, 1.82) is 0 Å². The van der Waals surface area contributed by atoms with Gasteiger partial charge < -0.3 is 14.2 Å². The fourth-order valence-electron chi connectivity index (χ4n) is 6.81. The lowest BCUT2D eigenvalue weighted by Gasteiger charge is -2.18. The molecule has 6 nitrogen and oxygen atoms in total. The van der Waals surface area contributed by atoms with Crippen molar-refractivity contribution in [2.45, 2.75) is 245 Å². The molecule has 0 rings (SSSR count). The summed E-state index contributed by atoms with van der Waals surface area (Å²) in [4.78, 5) is 37.8. The van der Waals surface area contributed by atoms with Gasteiger partial charge >= 0.3 is 17.9 Å². The van der Waals surface area contributed by atoms with E-state index >= 15 is 0 Å². The van der Waals surface area contributed by atoms with Crippen LogP contribution in [0.4, 0.5) is 0 Å². The predicted octanol–water partition coefficient (Wildman–Crippen LogP) is 15.5. The molecule has 6 heteroatoms. The Morgan fingerprint density at radius 2 is 0.684 bits per heavy atom. The lowest BCUT2D eigenvalue weighted by molar-refractivity contribution is -0.167. The second-order valence-corrected chi connectivity index (χ2v) is 16.1. The number of hydrogen-bond donors (Lipinski definition) is 0. The molecule has 0 N–H and O–H groups in total. The van der Waals surface area contributed by atoms with Crippen molar-refractivity contribution >= 4 is 17.9 Å². The number of hydrogen-bond acceptors (Lipinski definition) is 6. The van der Waals surface area contributed by atoms with E-state index in [0.29, 0.717) is 19.3 Å². The molecule has 0 saturated carbocycles. The van der Waals surface area contributed by atoms with Crippen LogP contribution in [0.25, 0.3) is 0 Å². The van der Waals surface area contributed by atoms with Crippen LogP contribution in [0.1, 0.15) is 239 Å². The van der Waals surface area contributed by atoms with Gasteiger partial charge in [-0.25, -0.2) is 0 Å². The average molecular weight is 799 g/mol. The molecule has 0 aliphatic heterocycles. The van der Waals surface area contributed by atoms with Crippen molar-refractivity contribution in [3.05, 3.63) is 48.6 Å². The maximum atomic E-state index is 12.7. The minimum absolute atomic E-state index is 0.0778. The zero-order valence-corrected chi connectivity index (χ0v) is 37.6. The van der Waals surface area contributed by atoms with Gasteiger partial charge in [-0.05, 0) is 38.5 Å². The second kappa shape index (κ2) is 46.1. The van der Waals surface area contributed by atoms with Crippen molar-refractivity contribution in [3.63, 3.8) is 0 Å². The quantitative estimate of drug-likeness (QED) is 0.0265. The molecule has 0 amide bonds. The van der Waals surface area contributed by atoms with Gasteiger partial charge in [0, 0.05) is 19.3 Å². The van der Waals surface area contributed by atoms with Crippen LogP contribution in [0, 0.1) is 0 Å². The molecule has 0 fully saturated rings. The molecule has 0 spiro atoms. The molecular weight excluding hydrogens is 709 g/mol. The third-order valence-corrected chi connectivity index (χ3v) is 10.4. The van der Waals surface area contributed by atoms with Gasteiger partial charge in [-0.2, -0.15) is 0 Å². The third-order valence-electron chi connectivity index (χ3n) is 10.4. The summed E-state index contributed by atoms with van der Waals surface area (Å²) in [6.07, 6.45) is 53.7. The van der Waals surface area contributed by atoms with E-state index in [1.807, 2.05) is 18.2 Å². The smallest absolute Gasteiger partial charge is 0.306 e. The Kier molecular flexibility index (Phi) is 43.9. The van der Waals surface area contributed by atoms with Crippen LogP contribution >= 0.6 is 0 Å². The zero-order chi connectivity index (χ0) is 41.5. The minimum atomic E-state index is -0.776. The molecule has 330 valence electrons. The van der Waals surface area contributed by atoms with Gasteiger partial charge in [0.2, 0.25) is 0 Å². The average Bonchev–Trinajstić information content (AvgIpc) is 3.21. The summed E-state index contributed by atoms with van der Waals surface area (Å²) < 4.78 is 16.7. The first-order valence-electron chi connectivity index (χ1n) is 24.2. The van der Waals surface area contributed by atoms with Crippen molar-refractivity contribution in [2.75, 3.05) is 13.2 Å². The summed E-state index contributed by atoms with van der Waals surface area (Å²) >= 11 is 0. The molecule has 0 aromatic heterocycles. The standard InChI is InChI=1S/C51H90O6/c1-4-7-10-13-16-19-22-24-26-28-29-32-35-38-41-44-50(53)56-47-48(46-55-49(52)43-40-37-34-31-21-18-15-12-9-6-3)57-51(54)45-42-39-36-33-30-27-25-23-20-17-14-11-8-5-2/h7,10,13,16,19,22,24,26,48H,4-6,8-9,11-12,14-15,17-18,20-21,23,25,27-47H2,1-3H3/b10-7-,16-13-,22-19-,26-24-. The maximum absolute atomic E-state index is 12.7. The summed E-state index contributed by atoms with van der Waals surface area (Å²) in [6.45, 7) is 6.47. The van der Waals surface area contributed by atoms with Crippen molar-refractivity contribution in [2.24, 2.45) is 0 Å². The normalized spacial score (nSPS) is 12.4. The first-order chi connectivity index (χ1) is 28.0. The first-order valence-corrected chi connectivity index (χ1v) is 24.2. The molecule has 1 atom stereocenters. The Labute approximate surface area is 352 Å². The monoisotopic (exact) mass is 799 g/mol. The molecule has 1 unspecified atom stereocenters. The molecule has 0 heterocycles.